The van der Waals surface area contributed by atoms with E-state index < -0.39 is 96.2 Å². The van der Waals surface area contributed by atoms with E-state index in [0.29, 0.717) is 24.8 Å². The maximum Gasteiger partial charge on any atom is 0.190 e. The fourth-order valence-electron chi connectivity index (χ4n) is 8.23. The molecule has 4 aliphatic carbocycles. The summed E-state index contributed by atoms with van der Waals surface area (Å²) in [5, 5.41) is 62.8. The number of rotatable bonds is 5. The van der Waals surface area contributed by atoms with Gasteiger partial charge in [0.05, 0.1) is 12.7 Å². The van der Waals surface area contributed by atoms with Crippen molar-refractivity contribution in [2.24, 2.45) is 29.1 Å². The number of aliphatic hydroxyl groups is 6. The summed E-state index contributed by atoms with van der Waals surface area (Å²) < 4.78 is 27.6. The first-order valence-corrected chi connectivity index (χ1v) is 13.3. The summed E-state index contributed by atoms with van der Waals surface area (Å²) in [4.78, 5) is 25.5. The Bertz CT molecular complexity index is 1040. The maximum atomic E-state index is 16.9. The van der Waals surface area contributed by atoms with Gasteiger partial charge >= 0.3 is 0 Å². The Kier molecular flexibility index (Phi) is 7.01. The fraction of sp³-hybridized carbons (Fsp3) is 0.778. The predicted molar refractivity (Wildman–Crippen MR) is 128 cm³/mol. The van der Waals surface area contributed by atoms with E-state index in [1.807, 2.05) is 0 Å². The van der Waals surface area contributed by atoms with Gasteiger partial charge in [0.2, 0.25) is 0 Å². The van der Waals surface area contributed by atoms with Crippen molar-refractivity contribution in [3.05, 3.63) is 23.8 Å². The predicted octanol–water partition coefficient (Wildman–Crippen LogP) is -0.670. The molecule has 1 aliphatic heterocycles. The van der Waals surface area contributed by atoms with E-state index in [2.05, 4.69) is 0 Å². The summed E-state index contributed by atoms with van der Waals surface area (Å²) >= 11 is 0. The Hall–Kier alpha value is -1.57. The number of aliphatic hydroxyl groups excluding tert-OH is 5. The molecule has 0 spiro atoms. The first-order valence-electron chi connectivity index (χ1n) is 13.3. The van der Waals surface area contributed by atoms with Gasteiger partial charge in [-0.3, -0.25) is 9.59 Å². The van der Waals surface area contributed by atoms with Crippen molar-refractivity contribution in [1.29, 1.82) is 0 Å². The highest BCUT2D eigenvalue weighted by Gasteiger charge is 2.73. The summed E-state index contributed by atoms with van der Waals surface area (Å²) in [6.45, 7) is 2.02. The molecule has 0 aromatic rings. The van der Waals surface area contributed by atoms with Crippen molar-refractivity contribution in [3.63, 3.8) is 0 Å². The summed E-state index contributed by atoms with van der Waals surface area (Å²) in [5.41, 5.74) is -4.55. The van der Waals surface area contributed by atoms with Gasteiger partial charge in [-0.1, -0.05) is 25.5 Å². The minimum atomic E-state index is -2.04. The third-order valence-electron chi connectivity index (χ3n) is 10.2. The van der Waals surface area contributed by atoms with Gasteiger partial charge < -0.3 is 40.1 Å². The number of fused-ring (bicyclic) bond motifs is 5. The molecule has 5 aliphatic rings. The highest BCUT2D eigenvalue weighted by molar-refractivity contribution is 6.01. The molecule has 1 saturated heterocycles. The largest absolute Gasteiger partial charge is 0.394 e. The van der Waals surface area contributed by atoms with Crippen LogP contribution in [0.3, 0.4) is 0 Å². The van der Waals surface area contributed by atoms with Gasteiger partial charge in [0.1, 0.15) is 42.3 Å². The zero-order chi connectivity index (χ0) is 27.8. The second-order valence-electron chi connectivity index (χ2n) is 12.0. The molecule has 13 atom stereocenters. The Morgan fingerprint density at radius 1 is 1.18 bits per heavy atom. The van der Waals surface area contributed by atoms with Crippen LogP contribution in [0.5, 0.6) is 0 Å². The van der Waals surface area contributed by atoms with Crippen LogP contribution in [0.2, 0.25) is 0 Å². The van der Waals surface area contributed by atoms with E-state index in [4.69, 9.17) is 9.47 Å². The molecule has 11 heteroatoms. The lowest BCUT2D eigenvalue weighted by Crippen LogP contribution is -2.67. The highest BCUT2D eigenvalue weighted by atomic mass is 19.1. The first kappa shape index (κ1) is 28.0. The number of alkyl halides is 1. The van der Waals surface area contributed by atoms with Gasteiger partial charge in [-0.2, -0.15) is 0 Å². The zero-order valence-corrected chi connectivity index (χ0v) is 21.4. The molecule has 6 N–H and O–H groups in total. The molecule has 0 aromatic heterocycles. The lowest BCUT2D eigenvalue weighted by molar-refractivity contribution is -0.300. The molecule has 38 heavy (non-hydrogen) atoms. The Balaban J connectivity index is 1.38. The van der Waals surface area contributed by atoms with Crippen LogP contribution in [0, 0.1) is 29.1 Å². The SMILES string of the molecule is C[C@@H]1CC2C3CCC4=CC(=O)C=CC4[C@@]3(F)C(O)CC2(C)[C@@]1(O)C(=O)COC1OC(CO)C(O)C(O)C1O. The van der Waals surface area contributed by atoms with Crippen molar-refractivity contribution in [1.82, 2.24) is 0 Å². The molecular weight excluding hydrogens is 503 g/mol. The number of allylic oxidation sites excluding steroid dienone is 4. The Labute approximate surface area is 219 Å². The van der Waals surface area contributed by atoms with E-state index in [1.165, 1.54) is 18.2 Å². The molecule has 0 bridgehead atoms. The van der Waals surface area contributed by atoms with Crippen molar-refractivity contribution < 1.29 is 54.1 Å². The van der Waals surface area contributed by atoms with Crippen molar-refractivity contribution in [3.8, 4) is 0 Å². The average molecular weight is 541 g/mol. The van der Waals surface area contributed by atoms with Gasteiger partial charge in [-0.15, -0.1) is 0 Å². The maximum absolute atomic E-state index is 16.9. The standard InChI is InChI=1S/C27H37FO10/c1-12-7-17-16-5-3-13-8-14(30)4-6-15(13)26(16,28)19(31)9-25(17,2)27(12,36)20(32)11-37-24-23(35)22(34)21(33)18(10-29)38-24/h4,6,8,12,15-19,21-24,29,31,33-36H,3,5,7,9-11H2,1-2H3/t12-,15?,16?,17?,18?,19?,21?,22?,23?,24?,25?,26+,27+/m1/s1. The molecule has 4 fully saturated rings. The number of ether oxygens (including phenoxy) is 2. The van der Waals surface area contributed by atoms with Crippen LogP contribution in [0.25, 0.3) is 0 Å². The van der Waals surface area contributed by atoms with Gasteiger partial charge in [-0.05, 0) is 49.7 Å². The van der Waals surface area contributed by atoms with Crippen LogP contribution in [0.15, 0.2) is 23.8 Å². The summed E-state index contributed by atoms with van der Waals surface area (Å²) in [6, 6.07) is 0. The molecule has 0 aromatic carbocycles. The quantitative estimate of drug-likeness (QED) is 0.262. The van der Waals surface area contributed by atoms with Crippen LogP contribution in [0.4, 0.5) is 4.39 Å². The lowest BCUT2D eigenvalue weighted by atomic mass is 9.48. The van der Waals surface area contributed by atoms with Crippen molar-refractivity contribution in [2.75, 3.05) is 13.2 Å². The summed E-state index contributed by atoms with van der Waals surface area (Å²) in [7, 11) is 0. The summed E-state index contributed by atoms with van der Waals surface area (Å²) in [6.07, 6.45) is -3.91. The van der Waals surface area contributed by atoms with Crippen LogP contribution in [-0.4, -0.2) is 103 Å². The smallest absolute Gasteiger partial charge is 0.190 e. The average Bonchev–Trinajstić information content (AvgIpc) is 3.08. The van der Waals surface area contributed by atoms with Gasteiger partial charge in [0.25, 0.3) is 0 Å². The molecule has 5 rings (SSSR count). The molecule has 212 valence electrons. The molecule has 1 heterocycles. The number of carbonyl (C=O) groups is 2. The first-order chi connectivity index (χ1) is 17.8. The minimum absolute atomic E-state index is 0.178. The second-order valence-corrected chi connectivity index (χ2v) is 12.0. The van der Waals surface area contributed by atoms with E-state index in [0.717, 1.165) is 0 Å². The lowest BCUT2D eigenvalue weighted by Gasteiger charge is -2.59. The van der Waals surface area contributed by atoms with Gasteiger partial charge in [0, 0.05) is 17.3 Å². The molecular formula is C27H37FO10. The van der Waals surface area contributed by atoms with E-state index in [1.54, 1.807) is 13.8 Å². The molecule has 0 amide bonds. The van der Waals surface area contributed by atoms with E-state index in [9.17, 15) is 40.2 Å². The Morgan fingerprint density at radius 3 is 2.58 bits per heavy atom. The number of halogens is 1. The number of hydrogen-bond acceptors (Lipinski definition) is 10. The van der Waals surface area contributed by atoms with Crippen molar-refractivity contribution >= 4 is 11.6 Å². The van der Waals surface area contributed by atoms with Crippen LogP contribution >= 0.6 is 0 Å². The molecule has 0 radical (unpaired) electrons. The third kappa shape index (κ3) is 3.74. The monoisotopic (exact) mass is 540 g/mol. The molecule has 3 saturated carbocycles. The zero-order valence-electron chi connectivity index (χ0n) is 21.4. The fourth-order valence-corrected chi connectivity index (χ4v) is 8.23. The topological polar surface area (TPSA) is 174 Å². The summed E-state index contributed by atoms with van der Waals surface area (Å²) in [5.74, 6) is -3.36. The number of Topliss-reactive ketones (excluding diaryl/α,β-unsaturated/α-hetero) is 1. The van der Waals surface area contributed by atoms with E-state index >= 15 is 4.39 Å². The van der Waals surface area contributed by atoms with Crippen LogP contribution in [0.1, 0.15) is 39.5 Å². The third-order valence-corrected chi connectivity index (χ3v) is 10.2. The van der Waals surface area contributed by atoms with Crippen molar-refractivity contribution in [2.45, 2.75) is 87.6 Å². The molecule has 10 nitrogen and oxygen atoms in total. The molecule has 10 unspecified atom stereocenters. The number of hydrogen-bond donors (Lipinski definition) is 6. The van der Waals surface area contributed by atoms with Crippen LogP contribution < -0.4 is 0 Å². The highest BCUT2D eigenvalue weighted by Crippen LogP contribution is 2.68. The van der Waals surface area contributed by atoms with Gasteiger partial charge in [-0.25, -0.2) is 4.39 Å². The normalized spacial score (nSPS) is 52.1. The number of ketones is 2. The number of carbonyl (C=O) groups excluding carboxylic acids is 2. The minimum Gasteiger partial charge on any atom is -0.394 e. The second kappa shape index (κ2) is 9.52. The van der Waals surface area contributed by atoms with Gasteiger partial charge in [0.15, 0.2) is 17.9 Å². The Morgan fingerprint density at radius 2 is 1.89 bits per heavy atom. The van der Waals surface area contributed by atoms with Crippen LogP contribution in [-0.2, 0) is 19.1 Å². The van der Waals surface area contributed by atoms with E-state index in [-0.39, 0.29) is 12.2 Å².